The second-order valence-electron chi connectivity index (χ2n) is 5.63. The summed E-state index contributed by atoms with van der Waals surface area (Å²) in [5, 5.41) is 9.06. The van der Waals surface area contributed by atoms with Crippen LogP contribution in [0.2, 0.25) is 0 Å². The molecule has 9 heteroatoms. The molecule has 1 heterocycles. The maximum atomic E-state index is 13.3. The van der Waals surface area contributed by atoms with Crippen LogP contribution in [0.15, 0.2) is 0 Å². The molecule has 21 heavy (non-hydrogen) atoms. The highest BCUT2D eigenvalue weighted by molar-refractivity contribution is 5.75. The van der Waals surface area contributed by atoms with E-state index >= 15 is 0 Å². The minimum absolute atomic E-state index is 0.403. The minimum Gasteiger partial charge on any atom is -0.463 e. The molecular weight excluding hydrogens is 303 g/mol. The summed E-state index contributed by atoms with van der Waals surface area (Å²) >= 11 is 0. The first kappa shape index (κ1) is 18.1. The van der Waals surface area contributed by atoms with E-state index in [0.717, 1.165) is 0 Å². The highest BCUT2D eigenvalue weighted by Crippen LogP contribution is 2.51. The van der Waals surface area contributed by atoms with Crippen LogP contribution < -0.4 is 0 Å². The lowest BCUT2D eigenvalue weighted by Crippen LogP contribution is -2.56. The third-order valence-electron chi connectivity index (χ3n) is 3.54. The molecular formula is C12H17F5O4. The zero-order valence-electron chi connectivity index (χ0n) is 11.8. The zero-order chi connectivity index (χ0) is 16.7. The third kappa shape index (κ3) is 3.28. The number of aliphatic hydroxyl groups is 1. The van der Waals surface area contributed by atoms with Gasteiger partial charge in [0.25, 0.3) is 0 Å². The lowest BCUT2D eigenvalue weighted by atomic mass is 9.91. The quantitative estimate of drug-likeness (QED) is 0.639. The van der Waals surface area contributed by atoms with Gasteiger partial charge in [0.1, 0.15) is 12.7 Å². The van der Waals surface area contributed by atoms with Gasteiger partial charge in [0, 0.05) is 6.42 Å². The topological polar surface area (TPSA) is 55.8 Å². The summed E-state index contributed by atoms with van der Waals surface area (Å²) in [7, 11) is 0. The molecule has 1 aliphatic rings. The molecule has 1 aliphatic heterocycles. The van der Waals surface area contributed by atoms with Crippen LogP contribution in [0.5, 0.6) is 0 Å². The Morgan fingerprint density at radius 3 is 2.29 bits per heavy atom. The van der Waals surface area contributed by atoms with Crippen molar-refractivity contribution < 1.29 is 41.3 Å². The summed E-state index contributed by atoms with van der Waals surface area (Å²) in [6.07, 6.45) is -8.37. The molecule has 0 aromatic carbocycles. The molecule has 0 aromatic rings. The lowest BCUT2D eigenvalue weighted by Gasteiger charge is -2.29. The Kier molecular flexibility index (Phi) is 4.61. The van der Waals surface area contributed by atoms with Gasteiger partial charge in [-0.3, -0.25) is 4.79 Å². The Balaban J connectivity index is 2.72. The first-order chi connectivity index (χ1) is 9.27. The van der Waals surface area contributed by atoms with Gasteiger partial charge in [0.05, 0.1) is 5.41 Å². The van der Waals surface area contributed by atoms with Crippen molar-refractivity contribution in [1.29, 1.82) is 0 Å². The number of rotatable bonds is 4. The van der Waals surface area contributed by atoms with Crippen molar-refractivity contribution in [1.82, 2.24) is 0 Å². The van der Waals surface area contributed by atoms with Crippen LogP contribution in [-0.2, 0) is 14.3 Å². The Morgan fingerprint density at radius 1 is 1.38 bits per heavy atom. The van der Waals surface area contributed by atoms with Crippen LogP contribution in [0.4, 0.5) is 22.0 Å². The van der Waals surface area contributed by atoms with Crippen molar-refractivity contribution in [3.8, 4) is 0 Å². The van der Waals surface area contributed by atoms with Gasteiger partial charge in [0.15, 0.2) is 0 Å². The van der Waals surface area contributed by atoms with E-state index in [0.29, 0.717) is 6.42 Å². The van der Waals surface area contributed by atoms with E-state index in [1.807, 2.05) is 0 Å². The maximum Gasteiger partial charge on any atom is 0.449 e. The van der Waals surface area contributed by atoms with Crippen LogP contribution in [0.3, 0.4) is 0 Å². The summed E-state index contributed by atoms with van der Waals surface area (Å²) in [6.45, 7) is 4.01. The molecule has 1 fully saturated rings. The monoisotopic (exact) mass is 320 g/mol. The molecule has 0 spiro atoms. The number of carbonyl (C=O) groups is 1. The predicted octanol–water partition coefficient (Wildman–Crippen LogP) is 2.64. The van der Waals surface area contributed by atoms with Crippen LogP contribution >= 0.6 is 0 Å². The Hall–Kier alpha value is -0.960. The molecule has 0 amide bonds. The van der Waals surface area contributed by atoms with Crippen molar-refractivity contribution in [2.24, 2.45) is 5.41 Å². The van der Waals surface area contributed by atoms with E-state index in [-0.39, 0.29) is 0 Å². The van der Waals surface area contributed by atoms with Gasteiger partial charge in [0.2, 0.25) is 0 Å². The van der Waals surface area contributed by atoms with E-state index in [1.54, 1.807) is 20.8 Å². The molecule has 0 aromatic heterocycles. The van der Waals surface area contributed by atoms with Gasteiger partial charge < -0.3 is 14.6 Å². The van der Waals surface area contributed by atoms with Gasteiger partial charge in [-0.2, -0.15) is 13.2 Å². The highest BCUT2D eigenvalue weighted by Gasteiger charge is 2.75. The Labute approximate surface area is 118 Å². The summed E-state index contributed by atoms with van der Waals surface area (Å²) in [6, 6.07) is 0. The Bertz CT molecular complexity index is 407. The molecule has 4 nitrogen and oxygen atoms in total. The zero-order valence-corrected chi connectivity index (χ0v) is 11.8. The molecule has 2 atom stereocenters. The molecule has 1 rings (SSSR count). The van der Waals surface area contributed by atoms with Crippen molar-refractivity contribution in [2.45, 2.75) is 57.6 Å². The van der Waals surface area contributed by atoms with Gasteiger partial charge in [-0.05, 0) is 20.3 Å². The van der Waals surface area contributed by atoms with Gasteiger partial charge in [-0.25, -0.2) is 8.78 Å². The summed E-state index contributed by atoms with van der Waals surface area (Å²) in [5.74, 6) is -9.81. The minimum atomic E-state index is -5.65. The van der Waals surface area contributed by atoms with Crippen LogP contribution in [0.25, 0.3) is 0 Å². The molecule has 1 N–H and O–H groups in total. The second kappa shape index (κ2) is 5.35. The molecule has 1 saturated heterocycles. The average Bonchev–Trinajstić information content (AvgIpc) is 2.57. The summed E-state index contributed by atoms with van der Waals surface area (Å²) < 4.78 is 72.9. The summed E-state index contributed by atoms with van der Waals surface area (Å²) in [4.78, 5) is 11.6. The van der Waals surface area contributed by atoms with E-state index in [2.05, 4.69) is 4.74 Å². The van der Waals surface area contributed by atoms with Crippen LogP contribution in [0, 0.1) is 5.41 Å². The van der Waals surface area contributed by atoms with Crippen molar-refractivity contribution >= 4 is 5.97 Å². The number of alkyl halides is 5. The normalized spacial score (nSPS) is 29.5. The maximum absolute atomic E-state index is 13.3. The average molecular weight is 320 g/mol. The highest BCUT2D eigenvalue weighted by atomic mass is 19.4. The lowest BCUT2D eigenvalue weighted by molar-refractivity contribution is -0.407. The molecule has 0 aliphatic carbocycles. The number of esters is 1. The number of hydrogen-bond acceptors (Lipinski definition) is 4. The molecule has 0 bridgehead atoms. The van der Waals surface area contributed by atoms with Crippen molar-refractivity contribution in [2.75, 3.05) is 6.61 Å². The fourth-order valence-corrected chi connectivity index (χ4v) is 1.67. The van der Waals surface area contributed by atoms with Gasteiger partial charge >= 0.3 is 23.9 Å². The van der Waals surface area contributed by atoms with Crippen LogP contribution in [0.1, 0.15) is 33.6 Å². The SMILES string of the molecule is CCC(C)(C)C(=O)OCC1CC(F)(F)C(O)(C(F)(F)F)O1. The van der Waals surface area contributed by atoms with Gasteiger partial charge in [-0.1, -0.05) is 6.92 Å². The van der Waals surface area contributed by atoms with Gasteiger partial charge in [-0.15, -0.1) is 0 Å². The van der Waals surface area contributed by atoms with E-state index in [4.69, 9.17) is 9.84 Å². The largest absolute Gasteiger partial charge is 0.463 e. The van der Waals surface area contributed by atoms with Crippen molar-refractivity contribution in [3.05, 3.63) is 0 Å². The fourth-order valence-electron chi connectivity index (χ4n) is 1.67. The second-order valence-corrected chi connectivity index (χ2v) is 5.63. The van der Waals surface area contributed by atoms with E-state index in [1.165, 1.54) is 0 Å². The number of carbonyl (C=O) groups excluding carboxylic acids is 1. The van der Waals surface area contributed by atoms with Crippen molar-refractivity contribution in [3.63, 3.8) is 0 Å². The first-order valence-corrected chi connectivity index (χ1v) is 6.29. The first-order valence-electron chi connectivity index (χ1n) is 6.29. The predicted molar refractivity (Wildman–Crippen MR) is 60.5 cm³/mol. The molecule has 0 radical (unpaired) electrons. The molecule has 2 unspecified atom stereocenters. The van der Waals surface area contributed by atoms with E-state index < -0.39 is 48.4 Å². The number of halogens is 5. The van der Waals surface area contributed by atoms with E-state index in [9.17, 15) is 26.7 Å². The summed E-state index contributed by atoms with van der Waals surface area (Å²) in [5.41, 5.74) is -0.887. The Morgan fingerprint density at radius 2 is 1.90 bits per heavy atom. The van der Waals surface area contributed by atoms with Crippen LogP contribution in [-0.4, -0.2) is 41.7 Å². The third-order valence-corrected chi connectivity index (χ3v) is 3.54. The molecule has 124 valence electrons. The number of hydrogen-bond donors (Lipinski definition) is 1. The smallest absolute Gasteiger partial charge is 0.449 e. The number of ether oxygens (including phenoxy) is 2. The molecule has 0 saturated carbocycles. The standard InChI is InChI=1S/C12H17F5O4/c1-4-9(2,3)8(18)20-6-7-5-10(13,14)11(19,21-7)12(15,16)17/h7,19H,4-6H2,1-3H3. The fraction of sp³-hybridized carbons (Fsp3) is 0.917.